The Labute approximate surface area is 124 Å². The molecule has 0 fully saturated rings. The predicted octanol–water partition coefficient (Wildman–Crippen LogP) is 3.21. The molecule has 0 radical (unpaired) electrons. The Balaban J connectivity index is 1.82. The minimum Gasteiger partial charge on any atom is -0.368 e. The minimum absolute atomic E-state index is 0.366. The number of thiophene rings is 2. The summed E-state index contributed by atoms with van der Waals surface area (Å²) in [6, 6.07) is 4.38. The Morgan fingerprint density at radius 2 is 2.25 bits per heavy atom. The third kappa shape index (κ3) is 1.87. The molecule has 0 saturated carbocycles. The van der Waals surface area contributed by atoms with Crippen molar-refractivity contribution in [3.8, 4) is 0 Å². The molecule has 1 aliphatic rings. The molecule has 0 spiro atoms. The van der Waals surface area contributed by atoms with Crippen LogP contribution in [-0.4, -0.2) is 16.5 Å². The molecule has 0 aliphatic carbocycles. The molecule has 0 saturated heterocycles. The fraction of sp³-hybridized carbons (Fsp3) is 0.286. The van der Waals surface area contributed by atoms with E-state index in [1.165, 1.54) is 15.3 Å². The molecule has 0 unspecified atom stereocenters. The SMILES string of the molecule is Cc1cc2c(N3CCc4sccc4C3)nc(N)nc2s1. The van der Waals surface area contributed by atoms with Crippen LogP contribution in [-0.2, 0) is 13.0 Å². The fourth-order valence-corrected chi connectivity index (χ4v) is 4.48. The second-order valence-corrected chi connectivity index (χ2v) is 7.26. The van der Waals surface area contributed by atoms with E-state index in [-0.39, 0.29) is 0 Å². The number of aromatic nitrogens is 2. The first kappa shape index (κ1) is 12.1. The maximum atomic E-state index is 5.88. The Morgan fingerprint density at radius 1 is 1.35 bits per heavy atom. The lowest BCUT2D eigenvalue weighted by atomic mass is 10.1. The predicted molar refractivity (Wildman–Crippen MR) is 85.6 cm³/mol. The lowest BCUT2D eigenvalue weighted by molar-refractivity contribution is 0.735. The molecular weight excluding hydrogens is 288 g/mol. The van der Waals surface area contributed by atoms with Gasteiger partial charge in [-0.05, 0) is 36.4 Å². The smallest absolute Gasteiger partial charge is 0.223 e. The van der Waals surface area contributed by atoms with Crippen molar-refractivity contribution in [2.24, 2.45) is 0 Å². The second kappa shape index (κ2) is 4.43. The number of nitrogens with two attached hydrogens (primary N) is 1. The Kier molecular flexibility index (Phi) is 2.68. The van der Waals surface area contributed by atoms with Crippen LogP contribution < -0.4 is 10.6 Å². The van der Waals surface area contributed by atoms with Crippen molar-refractivity contribution in [1.82, 2.24) is 9.97 Å². The van der Waals surface area contributed by atoms with Crippen LogP contribution >= 0.6 is 22.7 Å². The zero-order valence-corrected chi connectivity index (χ0v) is 12.7. The van der Waals surface area contributed by atoms with Gasteiger partial charge in [-0.2, -0.15) is 4.98 Å². The van der Waals surface area contributed by atoms with Crippen LogP contribution in [0.5, 0.6) is 0 Å². The summed E-state index contributed by atoms with van der Waals surface area (Å²) < 4.78 is 0. The van der Waals surface area contributed by atoms with Gasteiger partial charge in [0.2, 0.25) is 5.95 Å². The number of rotatable bonds is 1. The molecule has 0 aromatic carbocycles. The van der Waals surface area contributed by atoms with Gasteiger partial charge in [0.25, 0.3) is 0 Å². The molecule has 0 bridgehead atoms. The summed E-state index contributed by atoms with van der Waals surface area (Å²) in [5.41, 5.74) is 7.29. The van der Waals surface area contributed by atoms with E-state index in [0.717, 1.165) is 35.5 Å². The first-order valence-corrected chi connectivity index (χ1v) is 8.24. The van der Waals surface area contributed by atoms with E-state index in [9.17, 15) is 0 Å². The first-order chi connectivity index (χ1) is 9.70. The van der Waals surface area contributed by atoms with Crippen LogP contribution in [0.15, 0.2) is 17.5 Å². The van der Waals surface area contributed by atoms with Gasteiger partial charge in [0.05, 0.1) is 5.39 Å². The van der Waals surface area contributed by atoms with Crippen molar-refractivity contribution in [1.29, 1.82) is 0 Å². The summed E-state index contributed by atoms with van der Waals surface area (Å²) in [4.78, 5) is 14.9. The highest BCUT2D eigenvalue weighted by Gasteiger charge is 2.21. The minimum atomic E-state index is 0.366. The highest BCUT2D eigenvalue weighted by Crippen LogP contribution is 2.34. The molecule has 102 valence electrons. The largest absolute Gasteiger partial charge is 0.368 e. The highest BCUT2D eigenvalue weighted by atomic mass is 32.1. The average Bonchev–Trinajstić information content (AvgIpc) is 3.01. The molecule has 1 aliphatic heterocycles. The van der Waals surface area contributed by atoms with Gasteiger partial charge in [0, 0.05) is 22.8 Å². The fourth-order valence-electron chi connectivity index (χ4n) is 2.71. The van der Waals surface area contributed by atoms with Crippen molar-refractivity contribution < 1.29 is 0 Å². The van der Waals surface area contributed by atoms with E-state index < -0.39 is 0 Å². The molecule has 20 heavy (non-hydrogen) atoms. The number of hydrogen-bond acceptors (Lipinski definition) is 6. The zero-order valence-electron chi connectivity index (χ0n) is 11.1. The quantitative estimate of drug-likeness (QED) is 0.750. The van der Waals surface area contributed by atoms with E-state index in [1.807, 2.05) is 11.3 Å². The third-order valence-corrected chi connectivity index (χ3v) is 5.59. The van der Waals surface area contributed by atoms with Crippen molar-refractivity contribution in [3.05, 3.63) is 32.8 Å². The van der Waals surface area contributed by atoms with Crippen LogP contribution in [0.1, 0.15) is 15.3 Å². The Hall–Kier alpha value is -1.66. The topological polar surface area (TPSA) is 55.0 Å². The molecule has 6 heteroatoms. The van der Waals surface area contributed by atoms with Crippen LogP contribution in [0.4, 0.5) is 11.8 Å². The van der Waals surface area contributed by atoms with Gasteiger partial charge in [-0.1, -0.05) is 0 Å². The van der Waals surface area contributed by atoms with Crippen molar-refractivity contribution in [2.45, 2.75) is 19.9 Å². The summed E-state index contributed by atoms with van der Waals surface area (Å²) in [5, 5.41) is 3.30. The lowest BCUT2D eigenvalue weighted by Gasteiger charge is -2.28. The third-order valence-electron chi connectivity index (χ3n) is 3.62. The number of hydrogen-bond donors (Lipinski definition) is 1. The van der Waals surface area contributed by atoms with Crippen molar-refractivity contribution in [2.75, 3.05) is 17.2 Å². The summed E-state index contributed by atoms with van der Waals surface area (Å²) in [6.07, 6.45) is 1.08. The summed E-state index contributed by atoms with van der Waals surface area (Å²) >= 11 is 3.53. The number of aryl methyl sites for hydroxylation is 1. The van der Waals surface area contributed by atoms with Gasteiger partial charge >= 0.3 is 0 Å². The van der Waals surface area contributed by atoms with E-state index >= 15 is 0 Å². The van der Waals surface area contributed by atoms with E-state index in [2.05, 4.69) is 39.3 Å². The second-order valence-electron chi connectivity index (χ2n) is 5.02. The van der Waals surface area contributed by atoms with Gasteiger partial charge in [-0.15, -0.1) is 22.7 Å². The summed E-state index contributed by atoms with van der Waals surface area (Å²) in [7, 11) is 0. The summed E-state index contributed by atoms with van der Waals surface area (Å²) in [5.74, 6) is 1.35. The summed E-state index contributed by atoms with van der Waals surface area (Å²) in [6.45, 7) is 4.01. The molecule has 0 amide bonds. The number of anilines is 2. The van der Waals surface area contributed by atoms with Crippen molar-refractivity contribution in [3.63, 3.8) is 0 Å². The zero-order chi connectivity index (χ0) is 13.7. The molecule has 3 aromatic heterocycles. The van der Waals surface area contributed by atoms with E-state index in [0.29, 0.717) is 5.95 Å². The van der Waals surface area contributed by atoms with Gasteiger partial charge < -0.3 is 10.6 Å². The number of fused-ring (bicyclic) bond motifs is 2. The standard InChI is InChI=1S/C14H14N4S2/c1-8-6-10-12(16-14(15)17-13(10)20-8)18-4-2-11-9(7-18)3-5-19-11/h3,5-6H,2,4,7H2,1H3,(H2,15,16,17). The van der Waals surface area contributed by atoms with E-state index in [1.54, 1.807) is 11.3 Å². The van der Waals surface area contributed by atoms with Gasteiger partial charge in [-0.3, -0.25) is 0 Å². The maximum Gasteiger partial charge on any atom is 0.223 e. The lowest BCUT2D eigenvalue weighted by Crippen LogP contribution is -2.30. The van der Waals surface area contributed by atoms with Crippen LogP contribution in [0.2, 0.25) is 0 Å². The molecule has 3 aromatic rings. The highest BCUT2D eigenvalue weighted by molar-refractivity contribution is 7.18. The van der Waals surface area contributed by atoms with Crippen LogP contribution in [0.25, 0.3) is 10.2 Å². The van der Waals surface area contributed by atoms with Crippen molar-refractivity contribution >= 4 is 44.7 Å². The number of nitrogen functional groups attached to an aromatic ring is 1. The molecular formula is C14H14N4S2. The Bertz CT molecular complexity index is 790. The van der Waals surface area contributed by atoms with Crippen LogP contribution in [0.3, 0.4) is 0 Å². The number of nitrogens with zero attached hydrogens (tertiary/aromatic N) is 3. The maximum absolute atomic E-state index is 5.88. The van der Waals surface area contributed by atoms with Crippen LogP contribution in [0, 0.1) is 6.92 Å². The van der Waals surface area contributed by atoms with Gasteiger partial charge in [-0.25, -0.2) is 4.98 Å². The normalized spacial score (nSPS) is 14.8. The molecule has 4 nitrogen and oxygen atoms in total. The molecule has 0 atom stereocenters. The van der Waals surface area contributed by atoms with Gasteiger partial charge in [0.15, 0.2) is 0 Å². The molecule has 4 heterocycles. The first-order valence-electron chi connectivity index (χ1n) is 6.54. The molecule has 4 rings (SSSR count). The molecule has 2 N–H and O–H groups in total. The van der Waals surface area contributed by atoms with E-state index in [4.69, 9.17) is 5.73 Å². The Morgan fingerprint density at radius 3 is 3.15 bits per heavy atom. The average molecular weight is 302 g/mol. The van der Waals surface area contributed by atoms with Gasteiger partial charge in [0.1, 0.15) is 10.6 Å². The monoisotopic (exact) mass is 302 g/mol.